The van der Waals surface area contributed by atoms with E-state index < -0.39 is 0 Å². The van der Waals surface area contributed by atoms with Crippen molar-refractivity contribution >= 4 is 17.5 Å². The highest BCUT2D eigenvalue weighted by Gasteiger charge is 2.31. The first-order chi connectivity index (χ1) is 12.1. The molecule has 1 fully saturated rings. The van der Waals surface area contributed by atoms with Crippen LogP contribution in [0.25, 0.3) is 0 Å². The fourth-order valence-corrected chi connectivity index (χ4v) is 3.44. The van der Waals surface area contributed by atoms with E-state index in [9.17, 15) is 4.79 Å². The molecule has 2 aromatic carbocycles. The van der Waals surface area contributed by atoms with E-state index in [1.807, 2.05) is 66.4 Å². The third-order valence-electron chi connectivity index (χ3n) is 4.74. The number of carbonyl (C=O) groups is 1. The van der Waals surface area contributed by atoms with Crippen LogP contribution < -0.4 is 5.73 Å². The van der Waals surface area contributed by atoms with E-state index in [0.717, 1.165) is 11.1 Å². The van der Waals surface area contributed by atoms with Crippen molar-refractivity contribution in [3.8, 4) is 0 Å². The number of benzene rings is 2. The van der Waals surface area contributed by atoms with Gasteiger partial charge in [-0.05, 0) is 11.6 Å². The molecule has 3 unspecified atom stereocenters. The summed E-state index contributed by atoms with van der Waals surface area (Å²) in [6.45, 7) is 3.45. The molecule has 0 spiro atoms. The van der Waals surface area contributed by atoms with E-state index in [4.69, 9.17) is 22.1 Å². The Balaban J connectivity index is 1.70. The number of ether oxygens (including phenoxy) is 1. The minimum Gasteiger partial charge on any atom is -0.370 e. The lowest BCUT2D eigenvalue weighted by atomic mass is 9.93. The van der Waals surface area contributed by atoms with Crippen molar-refractivity contribution in [3.05, 3.63) is 70.7 Å². The summed E-state index contributed by atoms with van der Waals surface area (Å²) in [5.41, 5.74) is 8.21. The van der Waals surface area contributed by atoms with Gasteiger partial charge in [-0.3, -0.25) is 4.79 Å². The molecular weight excluding hydrogens is 336 g/mol. The van der Waals surface area contributed by atoms with Gasteiger partial charge in [0.2, 0.25) is 5.91 Å². The normalized spacial score (nSPS) is 20.1. The number of hydrogen-bond donors (Lipinski definition) is 1. The van der Waals surface area contributed by atoms with Crippen LogP contribution in [0.15, 0.2) is 54.6 Å². The van der Waals surface area contributed by atoms with Crippen LogP contribution in [0.4, 0.5) is 0 Å². The lowest BCUT2D eigenvalue weighted by Crippen LogP contribution is -2.46. The molecule has 1 aliphatic rings. The second kappa shape index (κ2) is 8.00. The molecule has 2 aromatic rings. The zero-order chi connectivity index (χ0) is 17.8. The summed E-state index contributed by atoms with van der Waals surface area (Å²) in [5.74, 6) is -0.246. The predicted molar refractivity (Wildman–Crippen MR) is 99.3 cm³/mol. The standard InChI is InChI=1S/C20H23ClN2O2/c1-14(19(22)15-7-3-2-4-8-15)20(24)23-11-12-25-18(13-23)16-9-5-6-10-17(16)21/h2-10,14,18-19H,11-13,22H2,1H3. The molecule has 1 saturated heterocycles. The molecular formula is C20H23ClN2O2. The average molecular weight is 359 g/mol. The van der Waals surface area contributed by atoms with Crippen molar-refractivity contribution in [2.24, 2.45) is 11.7 Å². The van der Waals surface area contributed by atoms with Crippen LogP contribution in [-0.2, 0) is 9.53 Å². The van der Waals surface area contributed by atoms with Crippen LogP contribution in [0.2, 0.25) is 5.02 Å². The number of nitrogens with zero attached hydrogens (tertiary/aromatic N) is 1. The second-order valence-electron chi connectivity index (χ2n) is 6.39. The molecule has 1 heterocycles. The summed E-state index contributed by atoms with van der Waals surface area (Å²) < 4.78 is 5.84. The first-order valence-corrected chi connectivity index (χ1v) is 8.91. The van der Waals surface area contributed by atoms with Crippen molar-refractivity contribution in [1.82, 2.24) is 4.90 Å². The molecule has 3 rings (SSSR count). The zero-order valence-electron chi connectivity index (χ0n) is 14.3. The largest absolute Gasteiger partial charge is 0.370 e. The highest BCUT2D eigenvalue weighted by Crippen LogP contribution is 2.30. The maximum Gasteiger partial charge on any atom is 0.227 e. The van der Waals surface area contributed by atoms with Crippen LogP contribution in [0.1, 0.15) is 30.2 Å². The summed E-state index contributed by atoms with van der Waals surface area (Å²) in [6.07, 6.45) is -0.202. The van der Waals surface area contributed by atoms with Gasteiger partial charge in [-0.2, -0.15) is 0 Å². The molecule has 1 aliphatic heterocycles. The van der Waals surface area contributed by atoms with E-state index in [1.54, 1.807) is 0 Å². The molecule has 2 N–H and O–H groups in total. The molecule has 25 heavy (non-hydrogen) atoms. The van der Waals surface area contributed by atoms with Crippen LogP contribution in [0.5, 0.6) is 0 Å². The van der Waals surface area contributed by atoms with Crippen molar-refractivity contribution in [2.45, 2.75) is 19.1 Å². The molecule has 1 amide bonds. The van der Waals surface area contributed by atoms with Crippen molar-refractivity contribution in [2.75, 3.05) is 19.7 Å². The molecule has 5 heteroatoms. The van der Waals surface area contributed by atoms with Gasteiger partial charge in [-0.1, -0.05) is 67.1 Å². The Bertz CT molecular complexity index is 723. The fourth-order valence-electron chi connectivity index (χ4n) is 3.18. The Hall–Kier alpha value is -1.88. The van der Waals surface area contributed by atoms with Crippen molar-refractivity contribution < 1.29 is 9.53 Å². The number of rotatable bonds is 4. The number of morpholine rings is 1. The van der Waals surface area contributed by atoms with Gasteiger partial charge >= 0.3 is 0 Å². The molecule has 0 radical (unpaired) electrons. The maximum atomic E-state index is 12.9. The Morgan fingerprint density at radius 3 is 2.60 bits per heavy atom. The minimum atomic E-state index is -0.324. The van der Waals surface area contributed by atoms with Crippen molar-refractivity contribution in [3.63, 3.8) is 0 Å². The molecule has 0 aliphatic carbocycles. The van der Waals surface area contributed by atoms with Crippen LogP contribution in [0, 0.1) is 5.92 Å². The van der Waals surface area contributed by atoms with Gasteiger partial charge in [0.15, 0.2) is 0 Å². The maximum absolute atomic E-state index is 12.9. The van der Waals surface area contributed by atoms with E-state index in [-0.39, 0.29) is 24.0 Å². The van der Waals surface area contributed by atoms with Crippen LogP contribution in [0.3, 0.4) is 0 Å². The SMILES string of the molecule is CC(C(=O)N1CCOC(c2ccccc2Cl)C1)C(N)c1ccccc1. The predicted octanol–water partition coefficient (Wildman–Crippen LogP) is 3.58. The smallest absolute Gasteiger partial charge is 0.227 e. The molecule has 0 bridgehead atoms. The Morgan fingerprint density at radius 2 is 1.88 bits per heavy atom. The first kappa shape index (κ1) is 17.9. The van der Waals surface area contributed by atoms with E-state index in [0.29, 0.717) is 24.7 Å². The van der Waals surface area contributed by atoms with E-state index in [1.165, 1.54) is 0 Å². The summed E-state index contributed by atoms with van der Waals surface area (Å²) in [4.78, 5) is 14.8. The Morgan fingerprint density at radius 1 is 1.20 bits per heavy atom. The third kappa shape index (κ3) is 4.03. The number of amides is 1. The summed E-state index contributed by atoms with van der Waals surface area (Å²) >= 11 is 6.27. The zero-order valence-corrected chi connectivity index (χ0v) is 15.0. The monoisotopic (exact) mass is 358 g/mol. The van der Waals surface area contributed by atoms with Gasteiger partial charge in [0.05, 0.1) is 19.1 Å². The van der Waals surface area contributed by atoms with Gasteiger partial charge in [-0.15, -0.1) is 0 Å². The lowest BCUT2D eigenvalue weighted by Gasteiger charge is -2.36. The van der Waals surface area contributed by atoms with Gasteiger partial charge in [-0.25, -0.2) is 0 Å². The highest BCUT2D eigenvalue weighted by atomic mass is 35.5. The molecule has 0 saturated carbocycles. The number of halogens is 1. The number of carbonyl (C=O) groups excluding carboxylic acids is 1. The van der Waals surface area contributed by atoms with E-state index >= 15 is 0 Å². The minimum absolute atomic E-state index is 0.0525. The Kier molecular flexibility index (Phi) is 5.74. The summed E-state index contributed by atoms with van der Waals surface area (Å²) in [7, 11) is 0. The van der Waals surface area contributed by atoms with Gasteiger partial charge in [0, 0.05) is 23.2 Å². The number of hydrogen-bond acceptors (Lipinski definition) is 3. The van der Waals surface area contributed by atoms with Crippen molar-refractivity contribution in [1.29, 1.82) is 0 Å². The van der Waals surface area contributed by atoms with E-state index in [2.05, 4.69) is 0 Å². The van der Waals surface area contributed by atoms with Gasteiger partial charge in [0.25, 0.3) is 0 Å². The molecule has 3 atom stereocenters. The highest BCUT2D eigenvalue weighted by molar-refractivity contribution is 6.31. The molecule has 0 aromatic heterocycles. The fraction of sp³-hybridized carbons (Fsp3) is 0.350. The van der Waals surface area contributed by atoms with Crippen LogP contribution in [-0.4, -0.2) is 30.5 Å². The second-order valence-corrected chi connectivity index (χ2v) is 6.80. The van der Waals surface area contributed by atoms with Gasteiger partial charge < -0.3 is 15.4 Å². The molecule has 4 nitrogen and oxygen atoms in total. The quantitative estimate of drug-likeness (QED) is 0.908. The third-order valence-corrected chi connectivity index (χ3v) is 5.09. The Labute approximate surface area is 153 Å². The molecule has 132 valence electrons. The lowest BCUT2D eigenvalue weighted by molar-refractivity contribution is -0.143. The summed E-state index contributed by atoms with van der Waals surface area (Å²) in [5, 5.41) is 0.663. The average Bonchev–Trinajstić information content (AvgIpc) is 2.67. The topological polar surface area (TPSA) is 55.6 Å². The van der Waals surface area contributed by atoms with Crippen LogP contribution >= 0.6 is 11.6 Å². The first-order valence-electron chi connectivity index (χ1n) is 8.53. The van der Waals surface area contributed by atoms with Gasteiger partial charge in [0.1, 0.15) is 6.10 Å². The summed E-state index contributed by atoms with van der Waals surface area (Å²) in [6, 6.07) is 17.0. The number of nitrogens with two attached hydrogens (primary N) is 1.